The van der Waals surface area contributed by atoms with E-state index >= 15 is 0 Å². The molecule has 0 aromatic carbocycles. The molecule has 0 aromatic heterocycles. The van der Waals surface area contributed by atoms with Crippen LogP contribution in [0.4, 0.5) is 0 Å². The Morgan fingerprint density at radius 1 is 1.13 bits per heavy atom. The Labute approximate surface area is 194 Å². The van der Waals surface area contributed by atoms with E-state index in [0.29, 0.717) is 30.3 Å². The number of carbonyl (C=O) groups is 2. The highest BCUT2D eigenvalue weighted by Crippen LogP contribution is 2.41. The predicted octanol–water partition coefficient (Wildman–Crippen LogP) is 8.06. The Kier molecular flexibility index (Phi) is 9.65. The zero-order chi connectivity index (χ0) is 23.2. The molecule has 1 saturated carbocycles. The first-order chi connectivity index (χ1) is 14.5. The summed E-state index contributed by atoms with van der Waals surface area (Å²) in [5, 5.41) is 0. The quantitative estimate of drug-likeness (QED) is 0.308. The van der Waals surface area contributed by atoms with Crippen LogP contribution in [0.1, 0.15) is 93.4 Å². The monoisotopic (exact) mass is 442 g/mol. The van der Waals surface area contributed by atoms with Crippen molar-refractivity contribution in [1.82, 2.24) is 0 Å². The Morgan fingerprint density at radius 2 is 1.71 bits per heavy atom. The normalized spacial score (nSPS) is 26.0. The van der Waals surface area contributed by atoms with Gasteiger partial charge in [0, 0.05) is 23.7 Å². The van der Waals surface area contributed by atoms with Gasteiger partial charge in [-0.05, 0) is 80.8 Å². The van der Waals surface area contributed by atoms with Crippen LogP contribution >= 0.6 is 11.8 Å². The summed E-state index contributed by atoms with van der Waals surface area (Å²) in [5.74, 6) is 3.09. The van der Waals surface area contributed by atoms with Crippen molar-refractivity contribution >= 4 is 23.3 Å². The lowest BCUT2D eigenvalue weighted by atomic mass is 9.85. The van der Waals surface area contributed by atoms with Crippen molar-refractivity contribution in [1.29, 1.82) is 0 Å². The number of hydrogen-bond donors (Lipinski definition) is 0. The van der Waals surface area contributed by atoms with Gasteiger partial charge in [-0.2, -0.15) is 0 Å². The van der Waals surface area contributed by atoms with E-state index in [1.54, 1.807) is 11.8 Å². The highest BCUT2D eigenvalue weighted by Gasteiger charge is 2.30. The van der Waals surface area contributed by atoms with Crippen LogP contribution < -0.4 is 0 Å². The molecule has 2 nitrogen and oxygen atoms in total. The minimum atomic E-state index is 0.138. The van der Waals surface area contributed by atoms with Gasteiger partial charge in [0.1, 0.15) is 5.78 Å². The molecule has 3 heteroatoms. The summed E-state index contributed by atoms with van der Waals surface area (Å²) in [7, 11) is 0. The van der Waals surface area contributed by atoms with Gasteiger partial charge in [-0.3, -0.25) is 9.59 Å². The van der Waals surface area contributed by atoms with Crippen molar-refractivity contribution in [2.24, 2.45) is 29.1 Å². The number of ketones is 2. The molecule has 1 aliphatic heterocycles. The third-order valence-electron chi connectivity index (χ3n) is 6.42. The lowest BCUT2D eigenvalue weighted by molar-refractivity contribution is -0.120. The fourth-order valence-corrected chi connectivity index (χ4v) is 5.75. The number of rotatable bonds is 6. The van der Waals surface area contributed by atoms with Crippen molar-refractivity contribution < 1.29 is 9.59 Å². The number of allylic oxidation sites excluding steroid dienone is 5. The van der Waals surface area contributed by atoms with Crippen LogP contribution in [0.3, 0.4) is 0 Å². The molecule has 2 unspecified atom stereocenters. The lowest BCUT2D eigenvalue weighted by Gasteiger charge is -2.22. The molecule has 0 amide bonds. The third kappa shape index (κ3) is 8.62. The molecule has 1 heterocycles. The summed E-state index contributed by atoms with van der Waals surface area (Å²) < 4.78 is 0. The van der Waals surface area contributed by atoms with Gasteiger partial charge in [-0.25, -0.2) is 0 Å². The molecular formula is C28H42O2S. The summed E-state index contributed by atoms with van der Waals surface area (Å²) in [5.41, 5.74) is 4.45. The van der Waals surface area contributed by atoms with Gasteiger partial charge < -0.3 is 0 Å². The van der Waals surface area contributed by atoms with E-state index in [2.05, 4.69) is 45.6 Å². The van der Waals surface area contributed by atoms with Gasteiger partial charge in [0.15, 0.2) is 5.78 Å². The number of Topliss-reactive ketones (excluding diaryl/α,β-unsaturated/α-hetero) is 2. The molecule has 31 heavy (non-hydrogen) atoms. The second-order valence-corrected chi connectivity index (χ2v) is 12.1. The maximum absolute atomic E-state index is 12.8. The molecular weight excluding hydrogens is 400 g/mol. The number of carbonyl (C=O) groups excluding carboxylic acids is 2. The summed E-state index contributed by atoms with van der Waals surface area (Å²) >= 11 is 1.60. The molecule has 0 N–H and O–H groups in total. The molecule has 3 aliphatic carbocycles. The van der Waals surface area contributed by atoms with Gasteiger partial charge in [0.25, 0.3) is 0 Å². The average molecular weight is 443 g/mol. The van der Waals surface area contributed by atoms with Crippen LogP contribution in [0.15, 0.2) is 39.3 Å². The van der Waals surface area contributed by atoms with Gasteiger partial charge in [-0.1, -0.05) is 58.5 Å². The summed E-state index contributed by atoms with van der Waals surface area (Å²) in [6.07, 6.45) is 14.6. The van der Waals surface area contributed by atoms with Crippen molar-refractivity contribution in [2.75, 3.05) is 0 Å². The van der Waals surface area contributed by atoms with E-state index in [4.69, 9.17) is 0 Å². The lowest BCUT2D eigenvalue weighted by Crippen LogP contribution is -2.18. The molecule has 172 valence electrons. The fourth-order valence-electron chi connectivity index (χ4n) is 4.80. The first-order valence-corrected chi connectivity index (χ1v) is 12.9. The Bertz CT molecular complexity index is 770. The minimum absolute atomic E-state index is 0.138. The molecule has 0 radical (unpaired) electrons. The zero-order valence-corrected chi connectivity index (χ0v) is 21.5. The van der Waals surface area contributed by atoms with Crippen molar-refractivity contribution in [2.45, 2.75) is 93.4 Å². The van der Waals surface area contributed by atoms with Gasteiger partial charge in [0.2, 0.25) is 0 Å². The first-order valence-electron chi connectivity index (χ1n) is 12.0. The summed E-state index contributed by atoms with van der Waals surface area (Å²) in [6.45, 7) is 14.3. The van der Waals surface area contributed by atoms with Crippen LogP contribution in [0, 0.1) is 29.1 Å². The highest BCUT2D eigenvalue weighted by molar-refractivity contribution is 8.07. The maximum Gasteiger partial charge on any atom is 0.172 e. The molecule has 0 spiro atoms. The van der Waals surface area contributed by atoms with E-state index in [0.717, 1.165) is 33.6 Å². The number of fused-ring (bicyclic) bond motifs is 3. The van der Waals surface area contributed by atoms with Crippen LogP contribution in [-0.4, -0.2) is 11.6 Å². The van der Waals surface area contributed by atoms with Gasteiger partial charge in [-0.15, -0.1) is 5.73 Å². The smallest absolute Gasteiger partial charge is 0.172 e. The largest absolute Gasteiger partial charge is 0.300 e. The number of thioether (sulfide) groups is 1. The second-order valence-electron chi connectivity index (χ2n) is 10.9. The number of hydrogen-bond acceptors (Lipinski definition) is 3. The van der Waals surface area contributed by atoms with E-state index in [1.807, 2.05) is 26.8 Å². The molecule has 0 saturated heterocycles. The molecule has 2 bridgehead atoms. The van der Waals surface area contributed by atoms with Crippen LogP contribution in [0.5, 0.6) is 0 Å². The van der Waals surface area contributed by atoms with Crippen molar-refractivity contribution in [3.05, 3.63) is 39.3 Å². The fraction of sp³-hybridized carbons (Fsp3) is 0.679. The van der Waals surface area contributed by atoms with Crippen molar-refractivity contribution in [3.8, 4) is 0 Å². The van der Waals surface area contributed by atoms with E-state index in [1.165, 1.54) is 25.7 Å². The van der Waals surface area contributed by atoms with E-state index in [9.17, 15) is 9.59 Å². The third-order valence-corrected chi connectivity index (χ3v) is 7.57. The standard InChI is InChI=1S/C20H26OS.C8H16O/c1-13-4-5-15(3)22-20(13)19(21)14(2)10-18-11-16-6-7-17(12-18)9-8-16;1-5-7(9)6-8(2,3)4/h4,6-7,14,16-18H,8-12H2,1-3H3;5-6H2,1-4H3/t14?,16-,17+,18?;. The van der Waals surface area contributed by atoms with E-state index < -0.39 is 0 Å². The van der Waals surface area contributed by atoms with Crippen LogP contribution in [0.2, 0.25) is 0 Å². The predicted molar refractivity (Wildman–Crippen MR) is 134 cm³/mol. The van der Waals surface area contributed by atoms with Crippen molar-refractivity contribution in [3.63, 3.8) is 0 Å². The minimum Gasteiger partial charge on any atom is -0.300 e. The van der Waals surface area contributed by atoms with Gasteiger partial charge in [0.05, 0.1) is 4.91 Å². The van der Waals surface area contributed by atoms with Crippen LogP contribution in [-0.2, 0) is 9.59 Å². The highest BCUT2D eigenvalue weighted by atomic mass is 32.2. The molecule has 4 rings (SSSR count). The molecule has 0 aromatic rings. The summed E-state index contributed by atoms with van der Waals surface area (Å²) in [4.78, 5) is 25.7. The SMILES string of the molecule is CC1=C=CC(C)=C(C(=O)C(C)CC2C[C@@H]3C=C[C@@H](CC3)C2)S1.CCC(=O)CC(C)(C)C. The first kappa shape index (κ1) is 25.9. The Hall–Kier alpha value is -1.31. The average Bonchev–Trinajstić information content (AvgIpc) is 3.00. The molecule has 1 fully saturated rings. The molecule has 4 atom stereocenters. The maximum atomic E-state index is 12.8. The summed E-state index contributed by atoms with van der Waals surface area (Å²) in [6, 6.07) is 0. The zero-order valence-electron chi connectivity index (χ0n) is 20.7. The topological polar surface area (TPSA) is 34.1 Å². The van der Waals surface area contributed by atoms with Crippen LogP contribution in [0.25, 0.3) is 0 Å². The Balaban J connectivity index is 0.000000323. The van der Waals surface area contributed by atoms with E-state index in [-0.39, 0.29) is 11.3 Å². The van der Waals surface area contributed by atoms with Gasteiger partial charge >= 0.3 is 0 Å². The Morgan fingerprint density at radius 3 is 2.16 bits per heavy atom. The molecule has 4 aliphatic rings. The second kappa shape index (κ2) is 11.5.